The summed E-state index contributed by atoms with van der Waals surface area (Å²) in [5.41, 5.74) is 1.12. The summed E-state index contributed by atoms with van der Waals surface area (Å²) in [5, 5.41) is 6.48. The Labute approximate surface area is 131 Å². The van der Waals surface area contributed by atoms with Crippen molar-refractivity contribution >= 4 is 11.7 Å². The van der Waals surface area contributed by atoms with Crippen molar-refractivity contribution in [2.45, 2.75) is 0 Å². The van der Waals surface area contributed by atoms with Crippen LogP contribution in [0.2, 0.25) is 0 Å². The topological polar surface area (TPSA) is 86.4 Å². The highest BCUT2D eigenvalue weighted by Crippen LogP contribution is 2.19. The Morgan fingerprint density at radius 1 is 1.13 bits per heavy atom. The van der Waals surface area contributed by atoms with Crippen LogP contribution in [-0.2, 0) is 0 Å². The normalized spacial score (nSPS) is 10.3. The fourth-order valence-electron chi connectivity index (χ4n) is 1.95. The van der Waals surface area contributed by atoms with Gasteiger partial charge in [0.1, 0.15) is 5.75 Å². The van der Waals surface area contributed by atoms with E-state index in [9.17, 15) is 9.59 Å². The largest absolute Gasteiger partial charge is 0.497 e. The summed E-state index contributed by atoms with van der Waals surface area (Å²) in [4.78, 5) is 23.9. The fourth-order valence-corrected chi connectivity index (χ4v) is 1.95. The lowest BCUT2D eigenvalue weighted by atomic mass is 10.2. The first-order valence-electron chi connectivity index (χ1n) is 6.78. The van der Waals surface area contributed by atoms with Crippen LogP contribution in [0.4, 0.5) is 10.5 Å². The molecule has 0 bridgehead atoms. The highest BCUT2D eigenvalue weighted by atomic mass is 16.5. The zero-order valence-electron chi connectivity index (χ0n) is 12.2. The minimum atomic E-state index is -0.857. The molecule has 0 radical (unpaired) electrons. The molecule has 116 valence electrons. The number of nitrogens with zero attached hydrogens (tertiary/aromatic N) is 2. The quantitative estimate of drug-likeness (QED) is 0.803. The van der Waals surface area contributed by atoms with E-state index in [2.05, 4.69) is 10.4 Å². The first kappa shape index (κ1) is 14.6. The van der Waals surface area contributed by atoms with Gasteiger partial charge in [-0.05, 0) is 36.4 Å². The first-order valence-corrected chi connectivity index (χ1v) is 6.78. The molecule has 7 heteroatoms. The molecule has 1 aromatic heterocycles. The van der Waals surface area contributed by atoms with Crippen LogP contribution in [-0.4, -0.2) is 22.9 Å². The molecule has 0 atom stereocenters. The van der Waals surface area contributed by atoms with Crippen molar-refractivity contribution in [3.05, 3.63) is 65.1 Å². The summed E-state index contributed by atoms with van der Waals surface area (Å²) in [7, 11) is 1.55. The Kier molecular flexibility index (Phi) is 3.92. The molecule has 7 nitrogen and oxygen atoms in total. The van der Waals surface area contributed by atoms with E-state index >= 15 is 0 Å². The number of ether oxygens (including phenoxy) is 1. The molecule has 0 aliphatic heterocycles. The van der Waals surface area contributed by atoms with E-state index in [1.807, 2.05) is 6.07 Å². The molecule has 2 aromatic carbocycles. The van der Waals surface area contributed by atoms with Crippen LogP contribution in [0, 0.1) is 0 Å². The van der Waals surface area contributed by atoms with Crippen molar-refractivity contribution in [1.82, 2.24) is 9.78 Å². The molecule has 3 aromatic rings. The predicted molar refractivity (Wildman–Crippen MR) is 83.6 cm³/mol. The Hall–Kier alpha value is -3.35. The van der Waals surface area contributed by atoms with Gasteiger partial charge in [0.25, 0.3) is 0 Å². The summed E-state index contributed by atoms with van der Waals surface area (Å²) in [6, 6.07) is 14.8. The Morgan fingerprint density at radius 2 is 1.83 bits per heavy atom. The van der Waals surface area contributed by atoms with Gasteiger partial charge in [0.15, 0.2) is 0 Å². The maximum Gasteiger partial charge on any atom is 0.446 e. The second kappa shape index (κ2) is 6.18. The van der Waals surface area contributed by atoms with Crippen molar-refractivity contribution < 1.29 is 13.9 Å². The van der Waals surface area contributed by atoms with Crippen LogP contribution in [0.1, 0.15) is 0 Å². The predicted octanol–water partition coefficient (Wildman–Crippen LogP) is 2.59. The number of methoxy groups -OCH3 is 1. The Balaban J connectivity index is 1.85. The maximum absolute atomic E-state index is 12.1. The minimum absolute atomic E-state index is 0.0564. The van der Waals surface area contributed by atoms with Crippen LogP contribution < -0.4 is 15.8 Å². The van der Waals surface area contributed by atoms with Gasteiger partial charge in [0, 0.05) is 11.3 Å². The second-order valence-corrected chi connectivity index (χ2v) is 4.61. The van der Waals surface area contributed by atoms with E-state index in [-0.39, 0.29) is 5.89 Å². The summed E-state index contributed by atoms with van der Waals surface area (Å²) in [6.45, 7) is 0. The van der Waals surface area contributed by atoms with Crippen LogP contribution >= 0.6 is 0 Å². The molecule has 0 saturated carbocycles. The van der Waals surface area contributed by atoms with Gasteiger partial charge in [-0.2, -0.15) is 0 Å². The van der Waals surface area contributed by atoms with Crippen LogP contribution in [0.25, 0.3) is 11.5 Å². The number of para-hydroxylation sites is 1. The van der Waals surface area contributed by atoms with Gasteiger partial charge in [-0.3, -0.25) is 0 Å². The van der Waals surface area contributed by atoms with Crippen LogP contribution in [0.3, 0.4) is 0 Å². The average molecular weight is 311 g/mol. The van der Waals surface area contributed by atoms with Crippen molar-refractivity contribution in [2.24, 2.45) is 0 Å². The third kappa shape index (κ3) is 3.13. The molecule has 23 heavy (non-hydrogen) atoms. The number of amides is 1. The Morgan fingerprint density at radius 3 is 2.48 bits per heavy atom. The summed E-state index contributed by atoms with van der Waals surface area (Å²) in [6.07, 6.45) is 0. The van der Waals surface area contributed by atoms with Crippen LogP contribution in [0.5, 0.6) is 5.75 Å². The number of anilines is 1. The molecule has 1 amide bonds. The molecular weight excluding hydrogens is 298 g/mol. The lowest BCUT2D eigenvalue weighted by Gasteiger charge is -2.02. The molecule has 0 aliphatic carbocycles. The van der Waals surface area contributed by atoms with Crippen molar-refractivity contribution in [2.75, 3.05) is 12.4 Å². The van der Waals surface area contributed by atoms with Crippen molar-refractivity contribution in [3.63, 3.8) is 0 Å². The Bertz CT molecular complexity index is 866. The van der Waals surface area contributed by atoms with E-state index in [4.69, 9.17) is 9.15 Å². The molecule has 0 aliphatic rings. The van der Waals surface area contributed by atoms with E-state index < -0.39 is 11.8 Å². The molecule has 0 fully saturated rings. The molecular formula is C16H13N3O4. The number of aromatic nitrogens is 2. The second-order valence-electron chi connectivity index (χ2n) is 4.61. The smallest absolute Gasteiger partial charge is 0.446 e. The van der Waals surface area contributed by atoms with Gasteiger partial charge in [-0.25, -0.2) is 9.59 Å². The standard InChI is InChI=1S/C16H13N3O4/c1-22-13-9-7-11(8-10-13)14-18-19(16(21)23-14)15(20)17-12-5-3-2-4-6-12/h2-10H,1H3,(H,17,20). The third-order valence-corrected chi connectivity index (χ3v) is 3.10. The van der Waals surface area contributed by atoms with Crippen molar-refractivity contribution in [3.8, 4) is 17.2 Å². The number of nitrogens with one attached hydrogen (secondary N) is 1. The third-order valence-electron chi connectivity index (χ3n) is 3.10. The van der Waals surface area contributed by atoms with E-state index in [0.717, 1.165) is 0 Å². The lowest BCUT2D eigenvalue weighted by molar-refractivity contribution is 0.249. The van der Waals surface area contributed by atoms with E-state index in [0.29, 0.717) is 21.7 Å². The monoisotopic (exact) mass is 311 g/mol. The van der Waals surface area contributed by atoms with Crippen molar-refractivity contribution in [1.29, 1.82) is 0 Å². The minimum Gasteiger partial charge on any atom is -0.497 e. The van der Waals surface area contributed by atoms with Gasteiger partial charge < -0.3 is 14.5 Å². The molecule has 0 spiro atoms. The number of hydrogen-bond acceptors (Lipinski definition) is 5. The number of rotatable bonds is 3. The maximum atomic E-state index is 12.1. The number of hydrogen-bond donors (Lipinski definition) is 1. The lowest BCUT2D eigenvalue weighted by Crippen LogP contribution is -2.29. The summed E-state index contributed by atoms with van der Waals surface area (Å²) in [5.74, 6) is -0.137. The van der Waals surface area contributed by atoms with E-state index in [1.165, 1.54) is 0 Å². The van der Waals surface area contributed by atoms with Gasteiger partial charge in [0.05, 0.1) is 7.11 Å². The molecule has 1 heterocycles. The molecule has 3 rings (SSSR count). The van der Waals surface area contributed by atoms with E-state index in [1.54, 1.807) is 55.6 Å². The van der Waals surface area contributed by atoms with Gasteiger partial charge in [-0.15, -0.1) is 9.78 Å². The number of carbonyl (C=O) groups is 1. The summed E-state index contributed by atoms with van der Waals surface area (Å²) < 4.78 is 10.7. The zero-order valence-corrected chi connectivity index (χ0v) is 12.2. The number of carbonyl (C=O) groups excluding carboxylic acids is 1. The molecule has 0 unspecified atom stereocenters. The summed E-state index contributed by atoms with van der Waals surface area (Å²) >= 11 is 0. The average Bonchev–Trinajstić information content (AvgIpc) is 2.98. The van der Waals surface area contributed by atoms with Crippen LogP contribution in [0.15, 0.2) is 63.8 Å². The first-order chi connectivity index (χ1) is 11.2. The highest BCUT2D eigenvalue weighted by Gasteiger charge is 2.16. The van der Waals surface area contributed by atoms with Gasteiger partial charge in [0.2, 0.25) is 5.89 Å². The number of benzene rings is 2. The zero-order chi connectivity index (χ0) is 16.2. The van der Waals surface area contributed by atoms with Gasteiger partial charge >= 0.3 is 11.8 Å². The fraction of sp³-hybridized carbons (Fsp3) is 0.0625. The van der Waals surface area contributed by atoms with Gasteiger partial charge in [-0.1, -0.05) is 18.2 Å². The highest BCUT2D eigenvalue weighted by molar-refractivity contribution is 5.90. The SMILES string of the molecule is COc1ccc(-c2nn(C(=O)Nc3ccccc3)c(=O)o2)cc1. The molecule has 0 saturated heterocycles. The molecule has 1 N–H and O–H groups in total.